The van der Waals surface area contributed by atoms with Gasteiger partial charge in [0.1, 0.15) is 17.2 Å². The average Bonchev–Trinajstić information content (AvgIpc) is 2.80. The topological polar surface area (TPSA) is 49.8 Å². The summed E-state index contributed by atoms with van der Waals surface area (Å²) < 4.78 is 36.8. The zero-order chi connectivity index (χ0) is 13.9. The Bertz CT molecular complexity index is 552. The summed E-state index contributed by atoms with van der Waals surface area (Å²) in [5.74, 6) is 0.559. The lowest BCUT2D eigenvalue weighted by Gasteiger charge is -2.11. The van der Waals surface area contributed by atoms with Gasteiger partial charge in [-0.25, -0.2) is 4.98 Å². The van der Waals surface area contributed by atoms with E-state index in [-0.39, 0.29) is 5.82 Å². The number of halogens is 3. The van der Waals surface area contributed by atoms with Crippen LogP contribution < -0.4 is 10.6 Å². The number of aromatic nitrogens is 2. The minimum Gasteiger partial charge on any atom is -0.360 e. The van der Waals surface area contributed by atoms with Gasteiger partial charge in [-0.15, -0.1) is 11.3 Å². The Morgan fingerprint density at radius 2 is 2.05 bits per heavy atom. The van der Waals surface area contributed by atoms with Gasteiger partial charge in [0.05, 0.1) is 5.39 Å². The van der Waals surface area contributed by atoms with Crippen LogP contribution in [-0.2, 0) is 0 Å². The minimum atomic E-state index is -4.27. The largest absolute Gasteiger partial charge is 0.405 e. The smallest absolute Gasteiger partial charge is 0.360 e. The van der Waals surface area contributed by atoms with Crippen molar-refractivity contribution in [1.29, 1.82) is 0 Å². The first-order chi connectivity index (χ1) is 8.99. The molecule has 2 aromatic heterocycles. The Labute approximate surface area is 112 Å². The van der Waals surface area contributed by atoms with Gasteiger partial charge in [-0.1, -0.05) is 6.92 Å². The van der Waals surface area contributed by atoms with Crippen molar-refractivity contribution < 1.29 is 13.2 Å². The van der Waals surface area contributed by atoms with Gasteiger partial charge in [-0.2, -0.15) is 18.2 Å². The monoisotopic (exact) mass is 290 g/mol. The number of thiophene rings is 1. The van der Waals surface area contributed by atoms with Crippen LogP contribution in [0.3, 0.4) is 0 Å². The summed E-state index contributed by atoms with van der Waals surface area (Å²) in [5.41, 5.74) is 0. The molecule has 0 saturated heterocycles. The van der Waals surface area contributed by atoms with Crippen LogP contribution in [0.25, 0.3) is 10.2 Å². The SMILES string of the molecule is CCCNc1nc(NCC(F)(F)F)c2ccsc2n1. The van der Waals surface area contributed by atoms with E-state index in [1.807, 2.05) is 6.92 Å². The van der Waals surface area contributed by atoms with Crippen molar-refractivity contribution in [2.45, 2.75) is 19.5 Å². The summed E-state index contributed by atoms with van der Waals surface area (Å²) in [6, 6.07) is 1.71. The fourth-order valence-electron chi connectivity index (χ4n) is 1.49. The van der Waals surface area contributed by atoms with Crippen molar-refractivity contribution in [3.63, 3.8) is 0 Å². The number of hydrogen-bond donors (Lipinski definition) is 2. The lowest BCUT2D eigenvalue weighted by Crippen LogP contribution is -2.22. The third-order valence-electron chi connectivity index (χ3n) is 2.31. The first-order valence-corrected chi connectivity index (χ1v) is 6.67. The van der Waals surface area contributed by atoms with Crippen LogP contribution in [0.4, 0.5) is 24.9 Å². The summed E-state index contributed by atoms with van der Waals surface area (Å²) in [6.45, 7) is 1.55. The van der Waals surface area contributed by atoms with Gasteiger partial charge in [0, 0.05) is 6.54 Å². The van der Waals surface area contributed by atoms with E-state index in [1.54, 1.807) is 11.4 Å². The molecule has 2 heterocycles. The first kappa shape index (κ1) is 13.9. The molecule has 0 aromatic carbocycles. The molecule has 0 fully saturated rings. The fraction of sp³-hybridized carbons (Fsp3) is 0.455. The lowest BCUT2D eigenvalue weighted by atomic mass is 10.3. The molecular formula is C11H13F3N4S. The standard InChI is InChI=1S/C11H13F3N4S/c1-2-4-15-10-17-8(16-6-11(12,13)14)7-3-5-19-9(7)18-10/h3,5H,2,4,6H2,1H3,(H2,15,16,17,18). The quantitative estimate of drug-likeness (QED) is 0.885. The summed E-state index contributed by atoms with van der Waals surface area (Å²) in [4.78, 5) is 9.00. The normalized spacial score (nSPS) is 11.8. The summed E-state index contributed by atoms with van der Waals surface area (Å²) >= 11 is 1.37. The third-order valence-corrected chi connectivity index (χ3v) is 3.12. The van der Waals surface area contributed by atoms with Crippen LogP contribution in [0.5, 0.6) is 0 Å². The highest BCUT2D eigenvalue weighted by molar-refractivity contribution is 7.16. The maximum Gasteiger partial charge on any atom is 0.405 e. The molecule has 0 aliphatic rings. The van der Waals surface area contributed by atoms with Crippen molar-refractivity contribution in [2.24, 2.45) is 0 Å². The molecule has 0 aliphatic carbocycles. The van der Waals surface area contributed by atoms with Crippen LogP contribution >= 0.6 is 11.3 Å². The molecular weight excluding hydrogens is 277 g/mol. The molecule has 2 rings (SSSR count). The summed E-state index contributed by atoms with van der Waals surface area (Å²) in [7, 11) is 0. The van der Waals surface area contributed by atoms with E-state index in [0.29, 0.717) is 22.7 Å². The molecule has 0 unspecified atom stereocenters. The van der Waals surface area contributed by atoms with Crippen LogP contribution in [0, 0.1) is 0 Å². The molecule has 8 heteroatoms. The predicted molar refractivity (Wildman–Crippen MR) is 70.7 cm³/mol. The Hall–Kier alpha value is -1.57. The van der Waals surface area contributed by atoms with Gasteiger partial charge in [0.15, 0.2) is 0 Å². The van der Waals surface area contributed by atoms with Gasteiger partial charge in [0.2, 0.25) is 5.95 Å². The second-order valence-corrected chi connectivity index (χ2v) is 4.83. The van der Waals surface area contributed by atoms with E-state index in [1.165, 1.54) is 11.3 Å². The predicted octanol–water partition coefficient (Wildman–Crippen LogP) is 3.49. The Morgan fingerprint density at radius 3 is 2.74 bits per heavy atom. The van der Waals surface area contributed by atoms with E-state index in [4.69, 9.17) is 0 Å². The van der Waals surface area contributed by atoms with Crippen LogP contribution in [-0.4, -0.2) is 29.2 Å². The zero-order valence-electron chi connectivity index (χ0n) is 10.2. The number of anilines is 2. The third kappa shape index (κ3) is 3.69. The number of nitrogens with zero attached hydrogens (tertiary/aromatic N) is 2. The molecule has 4 nitrogen and oxygen atoms in total. The Balaban J connectivity index is 2.26. The molecule has 0 aliphatic heterocycles. The fourth-order valence-corrected chi connectivity index (χ4v) is 2.25. The highest BCUT2D eigenvalue weighted by Gasteiger charge is 2.27. The van der Waals surface area contributed by atoms with Gasteiger partial charge >= 0.3 is 6.18 Å². The van der Waals surface area contributed by atoms with Gasteiger partial charge in [-0.3, -0.25) is 0 Å². The van der Waals surface area contributed by atoms with E-state index in [9.17, 15) is 13.2 Å². The molecule has 0 saturated carbocycles. The van der Waals surface area contributed by atoms with Crippen molar-refractivity contribution in [3.05, 3.63) is 11.4 Å². The van der Waals surface area contributed by atoms with E-state index in [2.05, 4.69) is 20.6 Å². The minimum absolute atomic E-state index is 0.210. The Morgan fingerprint density at radius 1 is 1.26 bits per heavy atom. The molecule has 0 amide bonds. The second-order valence-electron chi connectivity index (χ2n) is 3.93. The zero-order valence-corrected chi connectivity index (χ0v) is 11.0. The van der Waals surface area contributed by atoms with Gasteiger partial charge < -0.3 is 10.6 Å². The maximum absolute atomic E-state index is 12.3. The molecule has 0 radical (unpaired) electrons. The van der Waals surface area contributed by atoms with Crippen molar-refractivity contribution in [3.8, 4) is 0 Å². The average molecular weight is 290 g/mol. The number of hydrogen-bond acceptors (Lipinski definition) is 5. The molecule has 19 heavy (non-hydrogen) atoms. The van der Waals surface area contributed by atoms with E-state index >= 15 is 0 Å². The van der Waals surface area contributed by atoms with Crippen molar-refractivity contribution >= 4 is 33.3 Å². The lowest BCUT2D eigenvalue weighted by molar-refractivity contribution is -0.115. The Kier molecular flexibility index (Phi) is 4.08. The summed E-state index contributed by atoms with van der Waals surface area (Å²) in [5, 5.41) is 7.69. The van der Waals surface area contributed by atoms with Crippen LogP contribution in [0.1, 0.15) is 13.3 Å². The number of rotatable bonds is 5. The highest BCUT2D eigenvalue weighted by atomic mass is 32.1. The second kappa shape index (κ2) is 5.60. The molecule has 0 atom stereocenters. The number of fused-ring (bicyclic) bond motifs is 1. The first-order valence-electron chi connectivity index (χ1n) is 5.79. The number of alkyl halides is 3. The summed E-state index contributed by atoms with van der Waals surface area (Å²) in [6.07, 6.45) is -3.39. The highest BCUT2D eigenvalue weighted by Crippen LogP contribution is 2.27. The molecule has 0 spiro atoms. The van der Waals surface area contributed by atoms with Crippen LogP contribution in [0.15, 0.2) is 11.4 Å². The number of nitrogens with one attached hydrogen (secondary N) is 2. The van der Waals surface area contributed by atoms with Crippen molar-refractivity contribution in [2.75, 3.05) is 23.7 Å². The van der Waals surface area contributed by atoms with E-state index in [0.717, 1.165) is 6.42 Å². The molecule has 2 aromatic rings. The maximum atomic E-state index is 12.3. The molecule has 2 N–H and O–H groups in total. The van der Waals surface area contributed by atoms with Crippen molar-refractivity contribution in [1.82, 2.24) is 9.97 Å². The molecule has 0 bridgehead atoms. The van der Waals surface area contributed by atoms with Gasteiger partial charge in [-0.05, 0) is 17.9 Å². The van der Waals surface area contributed by atoms with Crippen LogP contribution in [0.2, 0.25) is 0 Å². The van der Waals surface area contributed by atoms with Gasteiger partial charge in [0.25, 0.3) is 0 Å². The van der Waals surface area contributed by atoms with E-state index < -0.39 is 12.7 Å². The molecule has 104 valence electrons.